The minimum absolute atomic E-state index is 0.250. The highest BCUT2D eigenvalue weighted by Crippen LogP contribution is 2.35. The molecule has 0 spiro atoms. The van der Waals surface area contributed by atoms with E-state index in [1.54, 1.807) is 0 Å². The summed E-state index contributed by atoms with van der Waals surface area (Å²) in [7, 11) is 0. The molecule has 0 N–H and O–H groups in total. The van der Waals surface area contributed by atoms with E-state index in [1.165, 1.54) is 0 Å². The Hall–Kier alpha value is -0.690. The van der Waals surface area contributed by atoms with E-state index in [4.69, 9.17) is 34.8 Å². The van der Waals surface area contributed by atoms with Crippen LogP contribution < -0.4 is 0 Å². The predicted octanol–water partition coefficient (Wildman–Crippen LogP) is 5.63. The van der Waals surface area contributed by atoms with Crippen LogP contribution in [0, 0.1) is 6.92 Å². The Balaban J connectivity index is 2.40. The summed E-state index contributed by atoms with van der Waals surface area (Å²) < 4.78 is 0. The fraction of sp³-hybridized carbons (Fsp3) is 0.143. The number of halogens is 3. The van der Waals surface area contributed by atoms with E-state index < -0.39 is 0 Å². The molecule has 3 heteroatoms. The Morgan fingerprint density at radius 3 is 2.24 bits per heavy atom. The molecule has 0 aliphatic heterocycles. The summed E-state index contributed by atoms with van der Waals surface area (Å²) in [4.78, 5) is 0. The van der Waals surface area contributed by atoms with Gasteiger partial charge in [-0.15, -0.1) is 11.6 Å². The second-order valence-electron chi connectivity index (χ2n) is 3.89. The molecule has 1 unspecified atom stereocenters. The van der Waals surface area contributed by atoms with Crippen LogP contribution in [0.1, 0.15) is 22.1 Å². The van der Waals surface area contributed by atoms with Crippen LogP contribution in [0.3, 0.4) is 0 Å². The molecule has 0 aliphatic carbocycles. The summed E-state index contributed by atoms with van der Waals surface area (Å²) in [5.74, 6) is 0. The number of alkyl halides is 1. The standard InChI is InChI=1S/C14H11Cl3/c1-9-3-2-4-12(13(9)16)14(17)10-5-7-11(15)8-6-10/h2-8,14H,1H3. The number of hydrogen-bond acceptors (Lipinski definition) is 0. The van der Waals surface area contributed by atoms with E-state index in [0.29, 0.717) is 5.02 Å². The molecule has 0 aliphatic rings. The van der Waals surface area contributed by atoms with E-state index in [9.17, 15) is 0 Å². The molecule has 0 saturated heterocycles. The fourth-order valence-electron chi connectivity index (χ4n) is 1.68. The Kier molecular flexibility index (Phi) is 3.98. The molecule has 88 valence electrons. The van der Waals surface area contributed by atoms with Gasteiger partial charge in [0.15, 0.2) is 0 Å². The highest BCUT2D eigenvalue weighted by molar-refractivity contribution is 6.34. The molecule has 2 aromatic rings. The van der Waals surface area contributed by atoms with Crippen molar-refractivity contribution in [3.8, 4) is 0 Å². The van der Waals surface area contributed by atoms with Gasteiger partial charge in [-0.2, -0.15) is 0 Å². The van der Waals surface area contributed by atoms with Crippen LogP contribution in [0.4, 0.5) is 0 Å². The molecular formula is C14H11Cl3. The average molecular weight is 286 g/mol. The third kappa shape index (κ3) is 2.77. The van der Waals surface area contributed by atoms with Gasteiger partial charge < -0.3 is 0 Å². The molecule has 0 nitrogen and oxygen atoms in total. The van der Waals surface area contributed by atoms with Gasteiger partial charge in [0.2, 0.25) is 0 Å². The summed E-state index contributed by atoms with van der Waals surface area (Å²) in [6.07, 6.45) is 0. The van der Waals surface area contributed by atoms with Crippen LogP contribution in [0.5, 0.6) is 0 Å². The van der Waals surface area contributed by atoms with Gasteiger partial charge in [-0.3, -0.25) is 0 Å². The van der Waals surface area contributed by atoms with Gasteiger partial charge in [0.1, 0.15) is 0 Å². The van der Waals surface area contributed by atoms with E-state index in [-0.39, 0.29) is 5.38 Å². The van der Waals surface area contributed by atoms with Crippen molar-refractivity contribution in [2.45, 2.75) is 12.3 Å². The maximum atomic E-state index is 6.43. The molecular weight excluding hydrogens is 275 g/mol. The van der Waals surface area contributed by atoms with Crippen LogP contribution in [-0.4, -0.2) is 0 Å². The molecule has 0 radical (unpaired) electrons. The van der Waals surface area contributed by atoms with Crippen molar-refractivity contribution in [1.82, 2.24) is 0 Å². The minimum atomic E-state index is -0.250. The largest absolute Gasteiger partial charge is 0.113 e. The zero-order valence-electron chi connectivity index (χ0n) is 9.25. The van der Waals surface area contributed by atoms with E-state index in [1.807, 2.05) is 49.4 Å². The molecule has 0 amide bonds. The zero-order chi connectivity index (χ0) is 12.4. The van der Waals surface area contributed by atoms with Gasteiger partial charge in [0, 0.05) is 10.0 Å². The summed E-state index contributed by atoms with van der Waals surface area (Å²) in [5, 5.41) is 1.18. The van der Waals surface area contributed by atoms with Crippen LogP contribution in [0.2, 0.25) is 10.0 Å². The minimum Gasteiger partial charge on any atom is -0.113 e. The van der Waals surface area contributed by atoms with Gasteiger partial charge >= 0.3 is 0 Å². The monoisotopic (exact) mass is 284 g/mol. The molecule has 0 heterocycles. The second kappa shape index (κ2) is 5.30. The maximum Gasteiger partial charge on any atom is 0.0849 e. The summed E-state index contributed by atoms with van der Waals surface area (Å²) in [5.41, 5.74) is 2.95. The SMILES string of the molecule is Cc1cccc(C(Cl)c2ccc(Cl)cc2)c1Cl. The highest BCUT2D eigenvalue weighted by atomic mass is 35.5. The summed E-state index contributed by atoms with van der Waals surface area (Å²) >= 11 is 18.5. The van der Waals surface area contributed by atoms with Gasteiger partial charge in [-0.05, 0) is 35.7 Å². The Labute approximate surface area is 116 Å². The topological polar surface area (TPSA) is 0 Å². The first-order valence-electron chi connectivity index (χ1n) is 5.24. The van der Waals surface area contributed by atoms with Gasteiger partial charge in [-0.25, -0.2) is 0 Å². The van der Waals surface area contributed by atoms with Crippen molar-refractivity contribution in [2.24, 2.45) is 0 Å². The number of rotatable bonds is 2. The normalized spacial score (nSPS) is 12.5. The van der Waals surface area contributed by atoms with Crippen molar-refractivity contribution < 1.29 is 0 Å². The van der Waals surface area contributed by atoms with Gasteiger partial charge in [-0.1, -0.05) is 53.5 Å². The maximum absolute atomic E-state index is 6.43. The summed E-state index contributed by atoms with van der Waals surface area (Å²) in [6, 6.07) is 13.4. The lowest BCUT2D eigenvalue weighted by Gasteiger charge is -2.13. The van der Waals surface area contributed by atoms with Crippen molar-refractivity contribution in [3.63, 3.8) is 0 Å². The lowest BCUT2D eigenvalue weighted by molar-refractivity contribution is 1.13. The van der Waals surface area contributed by atoms with E-state index >= 15 is 0 Å². The lowest BCUT2D eigenvalue weighted by Crippen LogP contribution is -1.95. The zero-order valence-corrected chi connectivity index (χ0v) is 11.5. The first-order chi connectivity index (χ1) is 8.09. The molecule has 2 rings (SSSR count). The number of hydrogen-bond donors (Lipinski definition) is 0. The Morgan fingerprint density at radius 2 is 1.59 bits per heavy atom. The van der Waals surface area contributed by atoms with E-state index in [2.05, 4.69) is 0 Å². The predicted molar refractivity (Wildman–Crippen MR) is 75.3 cm³/mol. The molecule has 2 aromatic carbocycles. The smallest absolute Gasteiger partial charge is 0.0849 e. The van der Waals surface area contributed by atoms with E-state index in [0.717, 1.165) is 21.7 Å². The number of aryl methyl sites for hydroxylation is 1. The molecule has 1 atom stereocenters. The lowest BCUT2D eigenvalue weighted by atomic mass is 10.0. The molecule has 0 aromatic heterocycles. The van der Waals surface area contributed by atoms with Crippen molar-refractivity contribution in [1.29, 1.82) is 0 Å². The Bertz CT molecular complexity index is 517. The second-order valence-corrected chi connectivity index (χ2v) is 5.14. The fourth-order valence-corrected chi connectivity index (χ4v) is 2.42. The quantitative estimate of drug-likeness (QED) is 0.627. The first-order valence-corrected chi connectivity index (χ1v) is 6.43. The summed E-state index contributed by atoms with van der Waals surface area (Å²) in [6.45, 7) is 1.97. The first kappa shape index (κ1) is 12.8. The molecule has 17 heavy (non-hydrogen) atoms. The molecule has 0 fully saturated rings. The molecule has 0 saturated carbocycles. The highest BCUT2D eigenvalue weighted by Gasteiger charge is 2.14. The van der Waals surface area contributed by atoms with Crippen molar-refractivity contribution in [3.05, 3.63) is 69.2 Å². The van der Waals surface area contributed by atoms with Crippen LogP contribution in [0.15, 0.2) is 42.5 Å². The van der Waals surface area contributed by atoms with Crippen LogP contribution in [-0.2, 0) is 0 Å². The van der Waals surface area contributed by atoms with Crippen LogP contribution in [0.25, 0.3) is 0 Å². The average Bonchev–Trinajstić information content (AvgIpc) is 2.33. The Morgan fingerprint density at radius 1 is 0.941 bits per heavy atom. The van der Waals surface area contributed by atoms with Gasteiger partial charge in [0.25, 0.3) is 0 Å². The number of benzene rings is 2. The third-order valence-corrected chi connectivity index (χ3v) is 3.91. The van der Waals surface area contributed by atoms with Crippen molar-refractivity contribution in [2.75, 3.05) is 0 Å². The molecule has 0 bridgehead atoms. The van der Waals surface area contributed by atoms with Crippen molar-refractivity contribution >= 4 is 34.8 Å². The van der Waals surface area contributed by atoms with Crippen LogP contribution >= 0.6 is 34.8 Å². The third-order valence-electron chi connectivity index (χ3n) is 2.66. The van der Waals surface area contributed by atoms with Gasteiger partial charge in [0.05, 0.1) is 5.38 Å².